The van der Waals surface area contributed by atoms with Gasteiger partial charge in [0, 0.05) is 57.5 Å². The van der Waals surface area contributed by atoms with Crippen LogP contribution >= 0.6 is 46.8 Å². The summed E-state index contributed by atoms with van der Waals surface area (Å²) >= 11 is 5.05. The molecule has 2 amide bonds. The Hall–Kier alpha value is -2.73. The number of aliphatic carboxylic acids is 1. The van der Waals surface area contributed by atoms with E-state index in [2.05, 4.69) is 24.8 Å². The lowest BCUT2D eigenvalue weighted by atomic mass is 10.0. The van der Waals surface area contributed by atoms with Gasteiger partial charge in [-0.1, -0.05) is 11.8 Å². The van der Waals surface area contributed by atoms with E-state index in [9.17, 15) is 24.4 Å². The Kier molecular flexibility index (Phi) is 8.45. The highest BCUT2D eigenvalue weighted by atomic mass is 32.2. The number of fused-ring (bicyclic) bond motifs is 1. The molecule has 0 saturated carbocycles. The van der Waals surface area contributed by atoms with Crippen molar-refractivity contribution in [3.63, 3.8) is 0 Å². The van der Waals surface area contributed by atoms with Crippen LogP contribution in [0.3, 0.4) is 0 Å². The monoisotopic (exact) mass is 568 g/mol. The van der Waals surface area contributed by atoms with Crippen molar-refractivity contribution < 1.29 is 19.5 Å². The van der Waals surface area contributed by atoms with Crippen molar-refractivity contribution in [3.8, 4) is 0 Å². The Morgan fingerprint density at radius 1 is 1.42 bits per heavy atom. The highest BCUT2D eigenvalue weighted by molar-refractivity contribution is 8.06. The van der Waals surface area contributed by atoms with Crippen molar-refractivity contribution in [2.45, 2.75) is 28.1 Å². The molecule has 2 aromatic heterocycles. The molecule has 2 aliphatic rings. The van der Waals surface area contributed by atoms with Crippen molar-refractivity contribution in [2.75, 3.05) is 23.8 Å². The van der Waals surface area contributed by atoms with E-state index in [0.717, 1.165) is 32.6 Å². The van der Waals surface area contributed by atoms with Crippen LogP contribution in [0.25, 0.3) is 0 Å². The second-order valence-electron chi connectivity index (χ2n) is 7.40. The van der Waals surface area contributed by atoms with Gasteiger partial charge in [0.2, 0.25) is 6.04 Å². The van der Waals surface area contributed by atoms with Gasteiger partial charge < -0.3 is 21.9 Å². The molecule has 6 N–H and O–H groups in total. The Morgan fingerprint density at radius 3 is 2.89 bits per heavy atom. The molecule has 0 aromatic carbocycles. The number of carbonyl (C=O) groups is 3. The quantitative estimate of drug-likeness (QED) is 0.170. The maximum atomic E-state index is 12.9. The van der Waals surface area contributed by atoms with Crippen LogP contribution in [0.5, 0.6) is 0 Å². The minimum atomic E-state index is -1.57. The molecule has 1 fully saturated rings. The normalized spacial score (nSPS) is 19.9. The molecule has 2 aliphatic heterocycles. The predicted octanol–water partition coefficient (Wildman–Crippen LogP) is 1.00. The lowest BCUT2D eigenvalue weighted by molar-refractivity contribution is -0.150. The molecule has 0 spiro atoms. The van der Waals surface area contributed by atoms with Crippen LogP contribution in [-0.4, -0.2) is 71.6 Å². The maximum Gasteiger partial charge on any atom is 0.353 e. The first-order chi connectivity index (χ1) is 17.3. The minimum Gasteiger partial charge on any atom is -0.477 e. The fourth-order valence-electron chi connectivity index (χ4n) is 3.49. The van der Waals surface area contributed by atoms with E-state index in [1.165, 1.54) is 23.5 Å². The van der Waals surface area contributed by atoms with Gasteiger partial charge >= 0.3 is 5.97 Å². The maximum absolute atomic E-state index is 12.9. The van der Waals surface area contributed by atoms with Gasteiger partial charge in [-0.3, -0.25) is 19.5 Å². The SMILES string of the molecule is NCCSCc1cnccc1SC1=C(C(=O)O)N2C(=O)[C@@H](NC(=O)C(N=O)c3nsc(N)n3)[C@@H]2SC1. The van der Waals surface area contributed by atoms with Gasteiger partial charge in [-0.2, -0.15) is 16.1 Å². The number of carboxylic acid groups (broad SMARTS) is 1. The average Bonchev–Trinajstić information content (AvgIpc) is 3.29. The number of nitrogen functional groups attached to an aromatic ring is 1. The smallest absolute Gasteiger partial charge is 0.353 e. The van der Waals surface area contributed by atoms with Crippen LogP contribution in [-0.2, 0) is 20.1 Å². The number of anilines is 1. The van der Waals surface area contributed by atoms with Crippen LogP contribution in [0, 0.1) is 4.91 Å². The second kappa shape index (κ2) is 11.5. The van der Waals surface area contributed by atoms with Gasteiger partial charge in [0.15, 0.2) is 11.0 Å². The molecule has 0 radical (unpaired) electrons. The number of carbonyl (C=O) groups excluding carboxylic acids is 2. The molecule has 13 nitrogen and oxygen atoms in total. The fraction of sp³-hybridized carbons (Fsp3) is 0.368. The minimum absolute atomic E-state index is 0.0665. The summed E-state index contributed by atoms with van der Waals surface area (Å²) in [7, 11) is 0. The molecular formula is C19H20N8O5S4. The first-order valence-corrected chi connectivity index (χ1v) is 14.2. The van der Waals surface area contributed by atoms with Crippen LogP contribution in [0.4, 0.5) is 5.13 Å². The van der Waals surface area contributed by atoms with Gasteiger partial charge in [-0.05, 0) is 16.8 Å². The highest BCUT2D eigenvalue weighted by Gasteiger charge is 2.55. The van der Waals surface area contributed by atoms with Crippen molar-refractivity contribution in [1.82, 2.24) is 24.6 Å². The van der Waals surface area contributed by atoms with E-state index in [0.29, 0.717) is 23.0 Å². The van der Waals surface area contributed by atoms with Crippen molar-refractivity contribution in [3.05, 3.63) is 45.4 Å². The zero-order chi connectivity index (χ0) is 25.8. The summed E-state index contributed by atoms with van der Waals surface area (Å²) in [4.78, 5) is 59.5. The van der Waals surface area contributed by atoms with Crippen molar-refractivity contribution in [2.24, 2.45) is 10.9 Å². The van der Waals surface area contributed by atoms with E-state index in [-0.39, 0.29) is 16.7 Å². The second-order valence-corrected chi connectivity index (χ2v) is 11.5. The number of aromatic nitrogens is 3. The molecule has 4 rings (SSSR count). The number of rotatable bonds is 11. The summed E-state index contributed by atoms with van der Waals surface area (Å²) < 4.78 is 3.83. The summed E-state index contributed by atoms with van der Waals surface area (Å²) in [5.41, 5.74) is 11.9. The molecule has 4 heterocycles. The van der Waals surface area contributed by atoms with Gasteiger partial charge in [-0.25, -0.2) is 9.78 Å². The van der Waals surface area contributed by atoms with E-state index >= 15 is 0 Å². The third-order valence-corrected chi connectivity index (χ3v) is 9.36. The highest BCUT2D eigenvalue weighted by Crippen LogP contribution is 2.46. The number of nitrogens with zero attached hydrogens (tertiary/aromatic N) is 5. The molecule has 2 aromatic rings. The Balaban J connectivity index is 1.51. The standard InChI is InChI=1S/C19H20N8O5S4/c20-2-4-33-6-8-5-22-3-1-9(8)35-10-7-34-17-12(16(29)27(17)13(10)18(30)31)23-15(28)11(25-32)14-24-19(21)36-26-14/h1,3,5,11-12,17H,2,4,6-7,20H2,(H,23,28)(H,30,31)(H2,21,24,26)/t11?,12-,17+/m1/s1. The number of thioether (sulfide) groups is 3. The number of amides is 2. The van der Waals surface area contributed by atoms with E-state index < -0.39 is 35.2 Å². The van der Waals surface area contributed by atoms with Gasteiger partial charge in [0.25, 0.3) is 11.8 Å². The molecule has 1 saturated heterocycles. The topological polar surface area (TPSA) is 207 Å². The third-order valence-electron chi connectivity index (χ3n) is 5.10. The summed E-state index contributed by atoms with van der Waals surface area (Å²) in [6.07, 6.45) is 3.36. The van der Waals surface area contributed by atoms with Crippen LogP contribution in [0.1, 0.15) is 17.4 Å². The van der Waals surface area contributed by atoms with Crippen LogP contribution in [0.15, 0.2) is 39.1 Å². The summed E-state index contributed by atoms with van der Waals surface area (Å²) in [6.45, 7) is 0.548. The van der Waals surface area contributed by atoms with E-state index in [1.54, 1.807) is 30.2 Å². The summed E-state index contributed by atoms with van der Waals surface area (Å²) in [5, 5.41) is 14.6. The fourth-order valence-corrected chi connectivity index (χ4v) is 7.37. The first kappa shape index (κ1) is 26.3. The summed E-state index contributed by atoms with van der Waals surface area (Å²) in [5.74, 6) is -1.11. The zero-order valence-electron chi connectivity index (χ0n) is 18.4. The molecular weight excluding hydrogens is 549 g/mol. The lowest BCUT2D eigenvalue weighted by Gasteiger charge is -2.49. The van der Waals surface area contributed by atoms with Gasteiger partial charge in [-0.15, -0.1) is 16.7 Å². The number of pyridine rings is 1. The number of nitrogens with one attached hydrogen (secondary N) is 1. The molecule has 190 valence electrons. The number of β-lactam (4-membered cyclic amide) rings is 1. The molecule has 0 bridgehead atoms. The van der Waals surface area contributed by atoms with E-state index in [1.807, 2.05) is 0 Å². The Labute approximate surface area is 221 Å². The van der Waals surface area contributed by atoms with E-state index in [4.69, 9.17) is 11.5 Å². The van der Waals surface area contributed by atoms with Gasteiger partial charge in [0.05, 0.1) is 0 Å². The van der Waals surface area contributed by atoms with Crippen molar-refractivity contribution in [1.29, 1.82) is 0 Å². The average molecular weight is 569 g/mol. The summed E-state index contributed by atoms with van der Waals surface area (Å²) in [6, 6.07) is -0.788. The molecule has 36 heavy (non-hydrogen) atoms. The first-order valence-electron chi connectivity index (χ1n) is 10.4. The molecule has 1 unspecified atom stereocenters. The third kappa shape index (κ3) is 5.34. The zero-order valence-corrected chi connectivity index (χ0v) is 21.7. The number of hydrogen-bond acceptors (Lipinski definition) is 14. The molecule has 17 heteroatoms. The van der Waals surface area contributed by atoms with Gasteiger partial charge in [0.1, 0.15) is 17.1 Å². The van der Waals surface area contributed by atoms with Crippen LogP contribution < -0.4 is 16.8 Å². The number of hydrogen-bond donors (Lipinski definition) is 4. The molecule has 0 aliphatic carbocycles. The Bertz CT molecular complexity index is 1220. The van der Waals surface area contributed by atoms with Crippen molar-refractivity contribution >= 4 is 69.7 Å². The molecule has 3 atom stereocenters. The largest absolute Gasteiger partial charge is 0.477 e. The predicted molar refractivity (Wildman–Crippen MR) is 138 cm³/mol. The Morgan fingerprint density at radius 2 is 2.22 bits per heavy atom. The van der Waals surface area contributed by atoms with Crippen LogP contribution in [0.2, 0.25) is 0 Å². The number of nitrogens with two attached hydrogens (primary N) is 2. The number of carboxylic acids is 1. The lowest BCUT2D eigenvalue weighted by Crippen LogP contribution is -2.70. The number of nitroso groups, excluding NO2 is 1.